The standard InChI is InChI=1S/C52H72BrClO18/c1-13-30-22-26(6)33(56)18-16-15-17-31(23-66-51-45(65-12)42(61)44(29(9)67-51)69-49(64)35-32(14-2)36(53)39(58)37(54)38(35)57)48(63)68-34(28(8)55)20-19-25(5)21-27(7)43(30)70-50-41(60)40(59)46(52(10,11)72-50)71-47(62)24(3)4/h15-17,19,21-22,24,29-30,33-34,40-46,50-51,56-61H,13-14,18,20,23H2,1-12H3/b16-15+,25-19+,26-22+,27-21+,31-17+/t29-,30?,33?,34?,40+,41-,42+,43?,44-,45+,46-,50+,51-/m0/s1. The van der Waals surface area contributed by atoms with Gasteiger partial charge in [0.05, 0.1) is 40.9 Å². The fourth-order valence-electron chi connectivity index (χ4n) is 8.54. The number of carbonyl (C=O) groups excluding carboxylic acids is 4. The summed E-state index contributed by atoms with van der Waals surface area (Å²) in [6, 6.07) is 0. The van der Waals surface area contributed by atoms with Gasteiger partial charge in [0.1, 0.15) is 40.6 Å². The quantitative estimate of drug-likeness (QED) is 0.0695. The zero-order chi connectivity index (χ0) is 54.1. The molecule has 0 bridgehead atoms. The molecule has 18 nitrogen and oxygen atoms in total. The number of Topliss-reactive ketones (excluding diaryl/α,β-unsaturated/α-hetero) is 1. The van der Waals surface area contributed by atoms with Crippen LogP contribution in [0.25, 0.3) is 0 Å². The molecule has 0 saturated carbocycles. The van der Waals surface area contributed by atoms with Crippen molar-refractivity contribution in [3.8, 4) is 11.5 Å². The second-order valence-corrected chi connectivity index (χ2v) is 20.4. The van der Waals surface area contributed by atoms with E-state index >= 15 is 0 Å². The third-order valence-electron chi connectivity index (χ3n) is 12.9. The van der Waals surface area contributed by atoms with Gasteiger partial charge in [0, 0.05) is 19.4 Å². The number of phenolic OH excluding ortho intramolecular Hbond substituents is 2. The highest BCUT2D eigenvalue weighted by atomic mass is 79.9. The van der Waals surface area contributed by atoms with Gasteiger partial charge in [-0.1, -0.05) is 75.2 Å². The van der Waals surface area contributed by atoms with Crippen molar-refractivity contribution in [1.29, 1.82) is 0 Å². The largest absolute Gasteiger partial charge is 0.505 e. The Morgan fingerprint density at radius 1 is 0.944 bits per heavy atom. The number of aliphatic hydroxyl groups is 4. The molecule has 3 heterocycles. The smallest absolute Gasteiger partial charge is 0.342 e. The summed E-state index contributed by atoms with van der Waals surface area (Å²) < 4.78 is 47.5. The van der Waals surface area contributed by atoms with Gasteiger partial charge in [0.2, 0.25) is 0 Å². The SMILES string of the molecule is CCc1c(Br)c(O)c(Cl)c(O)c1C(=O)O[C@@H]1[C@@H](O)[C@@H](OC)[C@@H](OC/C2=C\C=C\CC(O)/C(C)=C/C(CC)C(O[C@@H]3OC(C)(C)[C@@H](OC(=O)C(C)C)[C@H](O)[C@@H]3O)/C(C)=C/C(C)=C/CC(C(C)=O)OC2=O)O[C@H]1C. The molecule has 402 valence electrons. The van der Waals surface area contributed by atoms with E-state index in [2.05, 4.69) is 15.9 Å². The highest BCUT2D eigenvalue weighted by Crippen LogP contribution is 2.45. The summed E-state index contributed by atoms with van der Waals surface area (Å²) in [5.41, 5.74) is 0.441. The number of ketones is 1. The number of aromatic hydroxyl groups is 2. The van der Waals surface area contributed by atoms with E-state index < -0.39 is 138 Å². The van der Waals surface area contributed by atoms with Crippen molar-refractivity contribution in [2.45, 2.75) is 181 Å². The van der Waals surface area contributed by atoms with Crippen LogP contribution < -0.4 is 0 Å². The van der Waals surface area contributed by atoms with Gasteiger partial charge in [-0.05, 0) is 106 Å². The van der Waals surface area contributed by atoms with E-state index in [4.69, 9.17) is 49.5 Å². The van der Waals surface area contributed by atoms with Crippen LogP contribution in [-0.4, -0.2) is 147 Å². The zero-order valence-electron chi connectivity index (χ0n) is 42.9. The van der Waals surface area contributed by atoms with Crippen molar-refractivity contribution in [1.82, 2.24) is 0 Å². The van der Waals surface area contributed by atoms with Gasteiger partial charge >= 0.3 is 17.9 Å². The molecule has 4 unspecified atom stereocenters. The molecule has 0 aliphatic carbocycles. The fourth-order valence-corrected chi connectivity index (χ4v) is 9.52. The molecule has 20 heteroatoms. The van der Waals surface area contributed by atoms with Crippen molar-refractivity contribution in [3.63, 3.8) is 0 Å². The predicted molar refractivity (Wildman–Crippen MR) is 267 cm³/mol. The Kier molecular flexibility index (Phi) is 22.3. The third-order valence-corrected chi connectivity index (χ3v) is 14.1. The summed E-state index contributed by atoms with van der Waals surface area (Å²) >= 11 is 9.29. The van der Waals surface area contributed by atoms with Crippen LogP contribution in [0.3, 0.4) is 0 Å². The summed E-state index contributed by atoms with van der Waals surface area (Å²) in [6.07, 6.45) is -4.69. The van der Waals surface area contributed by atoms with Gasteiger partial charge < -0.3 is 68.5 Å². The second kappa shape index (κ2) is 26.5. The molecule has 72 heavy (non-hydrogen) atoms. The molecule has 0 radical (unpaired) electrons. The Morgan fingerprint density at radius 2 is 1.61 bits per heavy atom. The number of ether oxygens (including phenoxy) is 8. The van der Waals surface area contributed by atoms with E-state index in [1.807, 2.05) is 26.0 Å². The van der Waals surface area contributed by atoms with E-state index in [9.17, 15) is 49.8 Å². The van der Waals surface area contributed by atoms with Crippen LogP contribution in [0.1, 0.15) is 111 Å². The average Bonchev–Trinajstić information content (AvgIpc) is 3.32. The van der Waals surface area contributed by atoms with Gasteiger partial charge in [-0.15, -0.1) is 0 Å². The summed E-state index contributed by atoms with van der Waals surface area (Å²) in [4.78, 5) is 53.0. The summed E-state index contributed by atoms with van der Waals surface area (Å²) in [7, 11) is 1.26. The molecule has 2 fully saturated rings. The normalized spacial score (nSPS) is 34.3. The first kappa shape index (κ1) is 60.6. The Hall–Kier alpha value is -3.99. The first-order valence-electron chi connectivity index (χ1n) is 24.0. The van der Waals surface area contributed by atoms with Gasteiger partial charge in [0.15, 0.2) is 48.2 Å². The van der Waals surface area contributed by atoms with Crippen LogP contribution in [0.2, 0.25) is 5.02 Å². The third kappa shape index (κ3) is 14.6. The minimum Gasteiger partial charge on any atom is -0.505 e. The molecule has 0 spiro atoms. The van der Waals surface area contributed by atoms with Crippen molar-refractivity contribution >= 4 is 51.2 Å². The first-order valence-corrected chi connectivity index (χ1v) is 25.2. The lowest BCUT2D eigenvalue weighted by Gasteiger charge is -2.47. The number of aliphatic hydroxyl groups excluding tert-OH is 4. The van der Waals surface area contributed by atoms with E-state index in [1.54, 1.807) is 60.6 Å². The number of cyclic esters (lactones) is 1. The Labute approximate surface area is 434 Å². The second-order valence-electron chi connectivity index (χ2n) is 19.2. The monoisotopic (exact) mass is 1100 g/mol. The lowest BCUT2D eigenvalue weighted by atomic mass is 9.88. The van der Waals surface area contributed by atoms with E-state index in [0.717, 1.165) is 0 Å². The lowest BCUT2D eigenvalue weighted by molar-refractivity contribution is -0.333. The van der Waals surface area contributed by atoms with Crippen LogP contribution in [0.5, 0.6) is 11.5 Å². The zero-order valence-corrected chi connectivity index (χ0v) is 45.3. The van der Waals surface area contributed by atoms with Gasteiger partial charge in [-0.3, -0.25) is 9.59 Å². The minimum absolute atomic E-state index is 0.0258. The van der Waals surface area contributed by atoms with Crippen LogP contribution in [-0.2, 0) is 58.7 Å². The number of phenols is 2. The molecule has 3 aliphatic rings. The Bertz CT molecular complexity index is 2270. The van der Waals surface area contributed by atoms with Crippen molar-refractivity contribution in [2.24, 2.45) is 11.8 Å². The maximum atomic E-state index is 13.9. The maximum Gasteiger partial charge on any atom is 0.342 e. The number of esters is 3. The van der Waals surface area contributed by atoms with Gasteiger partial charge in [-0.25, -0.2) is 9.59 Å². The number of methoxy groups -OCH3 is 1. The number of hydrogen-bond donors (Lipinski definition) is 6. The molecule has 0 amide bonds. The predicted octanol–water partition coefficient (Wildman–Crippen LogP) is 6.55. The number of rotatable bonds is 13. The number of halogens is 2. The van der Waals surface area contributed by atoms with E-state index in [-0.39, 0.29) is 40.4 Å². The molecule has 4 rings (SSSR count). The number of carbonyl (C=O) groups is 4. The summed E-state index contributed by atoms with van der Waals surface area (Å²) in [5, 5.41) is 66.0. The molecule has 1 aromatic carbocycles. The molecule has 3 aliphatic heterocycles. The molecular weight excluding hydrogens is 1030 g/mol. The molecular formula is C52H72BrClO18. The topological polar surface area (TPSA) is 263 Å². The highest BCUT2D eigenvalue weighted by Gasteiger charge is 2.53. The molecule has 2 saturated heterocycles. The van der Waals surface area contributed by atoms with Crippen molar-refractivity contribution < 1.29 is 87.7 Å². The Morgan fingerprint density at radius 3 is 2.21 bits per heavy atom. The number of benzene rings is 1. The summed E-state index contributed by atoms with van der Waals surface area (Å²) in [5.74, 6) is -5.07. The fraction of sp³-hybridized carbons (Fsp3) is 0.615. The van der Waals surface area contributed by atoms with Gasteiger partial charge in [0.25, 0.3) is 0 Å². The van der Waals surface area contributed by atoms with Crippen LogP contribution in [0.15, 0.2) is 63.2 Å². The van der Waals surface area contributed by atoms with Crippen LogP contribution in [0.4, 0.5) is 0 Å². The lowest BCUT2D eigenvalue weighted by Crippen LogP contribution is -2.64. The van der Waals surface area contributed by atoms with Crippen LogP contribution in [0, 0.1) is 11.8 Å². The Balaban J connectivity index is 1.61. The average molecular weight is 1100 g/mol. The molecule has 13 atom stereocenters. The van der Waals surface area contributed by atoms with Crippen molar-refractivity contribution in [3.05, 3.63) is 79.4 Å². The van der Waals surface area contributed by atoms with Crippen molar-refractivity contribution in [2.75, 3.05) is 13.7 Å². The highest BCUT2D eigenvalue weighted by molar-refractivity contribution is 9.10. The maximum absolute atomic E-state index is 13.9. The number of allylic oxidation sites excluding steroid dienone is 4. The van der Waals surface area contributed by atoms with Gasteiger partial charge in [-0.2, -0.15) is 0 Å². The minimum atomic E-state index is -1.61. The molecule has 1 aromatic rings. The van der Waals surface area contributed by atoms with E-state index in [1.165, 1.54) is 33.1 Å². The summed E-state index contributed by atoms with van der Waals surface area (Å²) in [6.45, 7) is 17.8. The number of hydrogen-bond acceptors (Lipinski definition) is 18. The molecule has 0 aromatic heterocycles. The van der Waals surface area contributed by atoms with Crippen LogP contribution >= 0.6 is 27.5 Å². The molecule has 6 N–H and O–H groups in total. The van der Waals surface area contributed by atoms with E-state index in [0.29, 0.717) is 23.1 Å². The first-order chi connectivity index (χ1) is 33.7.